The van der Waals surface area contributed by atoms with Gasteiger partial charge >= 0.3 is 12.0 Å². The van der Waals surface area contributed by atoms with E-state index < -0.39 is 23.8 Å². The molecule has 2 aromatic rings. The third-order valence-electron chi connectivity index (χ3n) is 3.77. The van der Waals surface area contributed by atoms with Gasteiger partial charge < -0.3 is 15.1 Å². The van der Waals surface area contributed by atoms with Crippen molar-refractivity contribution in [2.24, 2.45) is 0 Å². The lowest BCUT2D eigenvalue weighted by molar-refractivity contribution is -0.0584. The molecule has 1 N–H and O–H groups in total. The van der Waals surface area contributed by atoms with Crippen LogP contribution in [0, 0.1) is 0 Å². The Morgan fingerprint density at radius 1 is 1.04 bits per heavy atom. The highest BCUT2D eigenvalue weighted by molar-refractivity contribution is 6.33. The van der Waals surface area contributed by atoms with Gasteiger partial charge in [-0.15, -0.1) is 0 Å². The number of rotatable bonds is 3. The van der Waals surface area contributed by atoms with Crippen molar-refractivity contribution in [2.75, 3.05) is 19.4 Å². The first-order valence-corrected chi connectivity index (χ1v) is 8.15. The highest BCUT2D eigenvalue weighted by atomic mass is 35.5. The molecule has 4 amide bonds. The van der Waals surface area contributed by atoms with Crippen molar-refractivity contribution in [3.8, 4) is 0 Å². The number of hydrogen-bond donors (Lipinski definition) is 1. The number of imide groups is 1. The number of urea groups is 1. The maximum Gasteiger partial charge on any atom is 0.365 e. The first kappa shape index (κ1) is 18.4. The van der Waals surface area contributed by atoms with Crippen molar-refractivity contribution in [1.29, 1.82) is 0 Å². The summed E-state index contributed by atoms with van der Waals surface area (Å²) >= 11 is 6.03. The van der Waals surface area contributed by atoms with Crippen LogP contribution in [0.1, 0.15) is 31.1 Å². The van der Waals surface area contributed by atoms with Crippen LogP contribution >= 0.6 is 11.6 Å². The van der Waals surface area contributed by atoms with E-state index in [1.54, 1.807) is 26.2 Å². The number of nitrogens with zero attached hydrogens (tertiary/aromatic N) is 2. The van der Waals surface area contributed by atoms with E-state index in [-0.39, 0.29) is 21.7 Å². The van der Waals surface area contributed by atoms with Crippen LogP contribution in [-0.2, 0) is 4.84 Å². The Bertz CT molecular complexity index is 938. The number of benzene rings is 2. The van der Waals surface area contributed by atoms with Crippen LogP contribution in [0.15, 0.2) is 42.5 Å². The summed E-state index contributed by atoms with van der Waals surface area (Å²) < 4.78 is 0. The standard InChI is InChI=1S/C18H14ClN3O5/c1-21(2)18(26)20-10-7-8-14(19)13(9-10)17(25)27-22-15(23)11-5-3-4-6-12(11)16(22)24/h3-9H,1-2H3,(H,20,26). The number of nitrogens with one attached hydrogen (secondary N) is 1. The number of halogens is 1. The van der Waals surface area contributed by atoms with Gasteiger partial charge in [-0.05, 0) is 30.3 Å². The molecule has 3 rings (SSSR count). The number of carbonyl (C=O) groups is 4. The van der Waals surface area contributed by atoms with Gasteiger partial charge in [0.1, 0.15) is 0 Å². The summed E-state index contributed by atoms with van der Waals surface area (Å²) in [5.41, 5.74) is 0.485. The Hall–Kier alpha value is -3.39. The van der Waals surface area contributed by atoms with E-state index in [1.165, 1.54) is 35.2 Å². The summed E-state index contributed by atoms with van der Waals surface area (Å²) in [6, 6.07) is 9.92. The molecule has 0 saturated heterocycles. The molecule has 0 aromatic heterocycles. The molecular weight excluding hydrogens is 374 g/mol. The van der Waals surface area contributed by atoms with E-state index in [0.29, 0.717) is 10.8 Å². The zero-order valence-corrected chi connectivity index (χ0v) is 15.1. The lowest BCUT2D eigenvalue weighted by Gasteiger charge is -2.15. The van der Waals surface area contributed by atoms with Gasteiger partial charge in [0.25, 0.3) is 11.8 Å². The minimum absolute atomic E-state index is 0.0412. The smallest absolute Gasteiger partial charge is 0.331 e. The third-order valence-corrected chi connectivity index (χ3v) is 4.10. The van der Waals surface area contributed by atoms with Crippen LogP contribution in [0.25, 0.3) is 0 Å². The van der Waals surface area contributed by atoms with Crippen LogP contribution < -0.4 is 5.32 Å². The Labute approximate surface area is 159 Å². The van der Waals surface area contributed by atoms with Gasteiger partial charge in [-0.1, -0.05) is 28.8 Å². The normalized spacial score (nSPS) is 12.6. The molecule has 0 radical (unpaired) electrons. The number of carbonyl (C=O) groups excluding carboxylic acids is 4. The maximum atomic E-state index is 12.5. The Balaban J connectivity index is 1.82. The second kappa shape index (κ2) is 7.08. The average molecular weight is 388 g/mol. The fourth-order valence-electron chi connectivity index (χ4n) is 2.38. The fourth-order valence-corrected chi connectivity index (χ4v) is 2.57. The molecule has 0 unspecified atom stereocenters. The molecule has 1 aliphatic heterocycles. The average Bonchev–Trinajstić information content (AvgIpc) is 2.88. The van der Waals surface area contributed by atoms with Gasteiger partial charge in [-0.2, -0.15) is 0 Å². The van der Waals surface area contributed by atoms with Crippen molar-refractivity contribution in [3.05, 3.63) is 64.2 Å². The highest BCUT2D eigenvalue weighted by Crippen LogP contribution is 2.26. The molecule has 0 fully saturated rings. The van der Waals surface area contributed by atoms with E-state index >= 15 is 0 Å². The SMILES string of the molecule is CN(C)C(=O)Nc1ccc(Cl)c(C(=O)ON2C(=O)c3ccccc3C2=O)c1. The fraction of sp³-hybridized carbons (Fsp3) is 0.111. The summed E-state index contributed by atoms with van der Waals surface area (Å²) in [6.07, 6.45) is 0. The molecule has 0 saturated carbocycles. The second-order valence-corrected chi connectivity index (χ2v) is 6.26. The van der Waals surface area contributed by atoms with E-state index in [2.05, 4.69) is 5.32 Å². The number of fused-ring (bicyclic) bond motifs is 1. The van der Waals surface area contributed by atoms with Crippen molar-refractivity contribution in [3.63, 3.8) is 0 Å². The predicted octanol–water partition coefficient (Wildman–Crippen LogP) is 2.80. The van der Waals surface area contributed by atoms with Crippen molar-refractivity contribution >= 4 is 41.1 Å². The summed E-state index contributed by atoms with van der Waals surface area (Å²) in [7, 11) is 3.12. The van der Waals surface area contributed by atoms with Gasteiger partial charge in [0, 0.05) is 19.8 Å². The molecular formula is C18H14ClN3O5. The van der Waals surface area contributed by atoms with Crippen LogP contribution in [0.2, 0.25) is 5.02 Å². The molecule has 1 aliphatic rings. The van der Waals surface area contributed by atoms with Gasteiger partial charge in [-0.25, -0.2) is 9.59 Å². The lowest BCUT2D eigenvalue weighted by atomic mass is 10.1. The molecule has 9 heteroatoms. The van der Waals surface area contributed by atoms with Gasteiger partial charge in [0.2, 0.25) is 0 Å². The number of hydroxylamine groups is 2. The minimum Gasteiger partial charge on any atom is -0.331 e. The second-order valence-electron chi connectivity index (χ2n) is 5.85. The molecule has 0 aliphatic carbocycles. The lowest BCUT2D eigenvalue weighted by Crippen LogP contribution is -2.32. The van der Waals surface area contributed by atoms with Gasteiger partial charge in [0.05, 0.1) is 21.7 Å². The minimum atomic E-state index is -1.00. The first-order valence-electron chi connectivity index (χ1n) is 7.77. The van der Waals surface area contributed by atoms with E-state index in [1.807, 2.05) is 0 Å². The third kappa shape index (κ3) is 3.47. The highest BCUT2D eigenvalue weighted by Gasteiger charge is 2.39. The van der Waals surface area contributed by atoms with Crippen LogP contribution in [0.3, 0.4) is 0 Å². The Morgan fingerprint density at radius 2 is 1.63 bits per heavy atom. The van der Waals surface area contributed by atoms with Crippen LogP contribution in [0.4, 0.5) is 10.5 Å². The molecule has 0 bridgehead atoms. The zero-order valence-electron chi connectivity index (χ0n) is 14.4. The maximum absolute atomic E-state index is 12.5. The number of anilines is 1. The van der Waals surface area contributed by atoms with Crippen molar-refractivity contribution < 1.29 is 24.0 Å². The monoisotopic (exact) mass is 387 g/mol. The number of amides is 4. The summed E-state index contributed by atoms with van der Waals surface area (Å²) in [5, 5.41) is 3.00. The van der Waals surface area contributed by atoms with E-state index in [4.69, 9.17) is 16.4 Å². The van der Waals surface area contributed by atoms with E-state index in [9.17, 15) is 19.2 Å². The molecule has 0 atom stereocenters. The first-order chi connectivity index (χ1) is 12.8. The number of hydrogen-bond acceptors (Lipinski definition) is 5. The molecule has 27 heavy (non-hydrogen) atoms. The topological polar surface area (TPSA) is 96.0 Å². The molecule has 0 spiro atoms. The van der Waals surface area contributed by atoms with E-state index in [0.717, 1.165) is 0 Å². The molecule has 138 valence electrons. The van der Waals surface area contributed by atoms with Crippen molar-refractivity contribution in [2.45, 2.75) is 0 Å². The quantitative estimate of drug-likeness (QED) is 0.817. The summed E-state index contributed by atoms with van der Waals surface area (Å²) in [4.78, 5) is 55.0. The Kier molecular flexibility index (Phi) is 4.83. The molecule has 1 heterocycles. The van der Waals surface area contributed by atoms with Gasteiger partial charge in [-0.3, -0.25) is 9.59 Å². The largest absolute Gasteiger partial charge is 0.365 e. The van der Waals surface area contributed by atoms with Crippen molar-refractivity contribution in [1.82, 2.24) is 9.96 Å². The molecule has 2 aromatic carbocycles. The summed E-state index contributed by atoms with van der Waals surface area (Å²) in [5.74, 6) is -2.48. The Morgan fingerprint density at radius 3 is 2.19 bits per heavy atom. The van der Waals surface area contributed by atoms with Crippen LogP contribution in [0.5, 0.6) is 0 Å². The summed E-state index contributed by atoms with van der Waals surface area (Å²) in [6.45, 7) is 0. The van der Waals surface area contributed by atoms with Gasteiger partial charge in [0.15, 0.2) is 0 Å². The zero-order chi connectivity index (χ0) is 19.7. The molecule has 8 nitrogen and oxygen atoms in total. The predicted molar refractivity (Wildman–Crippen MR) is 96.5 cm³/mol. The van der Waals surface area contributed by atoms with Crippen LogP contribution in [-0.4, -0.2) is 47.9 Å².